The number of anilines is 2. The van der Waals surface area contributed by atoms with E-state index in [4.69, 9.17) is 10.5 Å². The van der Waals surface area contributed by atoms with Gasteiger partial charge in [-0.2, -0.15) is 0 Å². The van der Waals surface area contributed by atoms with E-state index < -0.39 is 5.60 Å². The van der Waals surface area contributed by atoms with E-state index in [1.165, 1.54) is 0 Å². The minimum atomic E-state index is -0.421. The second-order valence-electron chi connectivity index (χ2n) is 7.91. The van der Waals surface area contributed by atoms with E-state index in [2.05, 4.69) is 9.88 Å². The molecule has 0 aromatic carbocycles. The van der Waals surface area contributed by atoms with Gasteiger partial charge in [-0.3, -0.25) is 0 Å². The standard InChI is InChI=1S/C18H28N4O2/c1-18(2,3)24-17(23)21-8-6-13(7-9-21)14-11-22(12-14)15-4-5-16(19)20-10-15/h4-5,10,13-14H,6-9,11-12H2,1-3H3,(H2,19,20). The van der Waals surface area contributed by atoms with Gasteiger partial charge in [0.15, 0.2) is 0 Å². The number of ether oxygens (including phenoxy) is 1. The Balaban J connectivity index is 1.44. The van der Waals surface area contributed by atoms with Gasteiger partial charge in [-0.25, -0.2) is 9.78 Å². The summed E-state index contributed by atoms with van der Waals surface area (Å²) in [5.41, 5.74) is 6.36. The van der Waals surface area contributed by atoms with Gasteiger partial charge in [-0.15, -0.1) is 0 Å². The molecule has 1 amide bonds. The van der Waals surface area contributed by atoms with E-state index >= 15 is 0 Å². The fourth-order valence-electron chi connectivity index (χ4n) is 3.49. The molecule has 0 atom stereocenters. The molecular weight excluding hydrogens is 304 g/mol. The van der Waals surface area contributed by atoms with E-state index in [0.29, 0.717) is 17.7 Å². The van der Waals surface area contributed by atoms with Crippen molar-refractivity contribution < 1.29 is 9.53 Å². The van der Waals surface area contributed by atoms with Crippen molar-refractivity contribution in [2.24, 2.45) is 11.8 Å². The second kappa shape index (κ2) is 6.49. The third-order valence-corrected chi connectivity index (χ3v) is 4.90. The van der Waals surface area contributed by atoms with Crippen molar-refractivity contribution in [1.29, 1.82) is 0 Å². The minimum absolute atomic E-state index is 0.177. The Hall–Kier alpha value is -1.98. The van der Waals surface area contributed by atoms with Crippen LogP contribution >= 0.6 is 0 Å². The molecule has 2 saturated heterocycles. The summed E-state index contributed by atoms with van der Waals surface area (Å²) in [5, 5.41) is 0. The van der Waals surface area contributed by atoms with Crippen LogP contribution < -0.4 is 10.6 Å². The Morgan fingerprint density at radius 2 is 1.88 bits per heavy atom. The molecule has 3 heterocycles. The maximum Gasteiger partial charge on any atom is 0.410 e. The van der Waals surface area contributed by atoms with Gasteiger partial charge < -0.3 is 20.3 Å². The Morgan fingerprint density at radius 3 is 2.42 bits per heavy atom. The first kappa shape index (κ1) is 16.9. The number of hydrogen-bond acceptors (Lipinski definition) is 5. The van der Waals surface area contributed by atoms with Crippen LogP contribution in [-0.4, -0.2) is 47.8 Å². The second-order valence-corrected chi connectivity index (χ2v) is 7.91. The average Bonchev–Trinajstić information content (AvgIpc) is 2.46. The molecule has 132 valence electrons. The lowest BCUT2D eigenvalue weighted by molar-refractivity contribution is 0.0151. The van der Waals surface area contributed by atoms with Crippen molar-refractivity contribution in [3.63, 3.8) is 0 Å². The Labute approximate surface area is 144 Å². The predicted molar refractivity (Wildman–Crippen MR) is 94.9 cm³/mol. The number of aromatic nitrogens is 1. The van der Waals surface area contributed by atoms with Crippen LogP contribution in [0.1, 0.15) is 33.6 Å². The number of pyridine rings is 1. The summed E-state index contributed by atoms with van der Waals surface area (Å²) in [6, 6.07) is 3.88. The molecule has 0 saturated carbocycles. The summed E-state index contributed by atoms with van der Waals surface area (Å²) in [6.07, 6.45) is 3.80. The third kappa shape index (κ3) is 3.91. The number of piperidine rings is 1. The fraction of sp³-hybridized carbons (Fsp3) is 0.667. The van der Waals surface area contributed by atoms with Crippen molar-refractivity contribution in [2.75, 3.05) is 36.8 Å². The fourth-order valence-corrected chi connectivity index (χ4v) is 3.49. The Bertz CT molecular complexity index is 568. The van der Waals surface area contributed by atoms with Gasteiger partial charge in [0.25, 0.3) is 0 Å². The Morgan fingerprint density at radius 1 is 1.21 bits per heavy atom. The SMILES string of the molecule is CC(C)(C)OC(=O)N1CCC(C2CN(c3ccc(N)nc3)C2)CC1. The number of hydrogen-bond donors (Lipinski definition) is 1. The van der Waals surface area contributed by atoms with Crippen molar-refractivity contribution in [3.8, 4) is 0 Å². The molecule has 1 aromatic rings. The topological polar surface area (TPSA) is 71.7 Å². The molecule has 6 heteroatoms. The maximum absolute atomic E-state index is 12.1. The van der Waals surface area contributed by atoms with E-state index in [0.717, 1.165) is 44.7 Å². The molecule has 24 heavy (non-hydrogen) atoms. The smallest absolute Gasteiger partial charge is 0.410 e. The molecule has 2 aliphatic rings. The van der Waals surface area contributed by atoms with Gasteiger partial charge in [0.05, 0.1) is 11.9 Å². The van der Waals surface area contributed by atoms with Gasteiger partial charge >= 0.3 is 6.09 Å². The van der Waals surface area contributed by atoms with Crippen LogP contribution in [0.5, 0.6) is 0 Å². The zero-order valence-electron chi connectivity index (χ0n) is 14.9. The zero-order chi connectivity index (χ0) is 17.3. The highest BCUT2D eigenvalue weighted by Crippen LogP contribution is 2.34. The number of nitrogens with zero attached hydrogens (tertiary/aromatic N) is 3. The molecule has 0 spiro atoms. The number of carbonyl (C=O) groups is 1. The highest BCUT2D eigenvalue weighted by Gasteiger charge is 2.36. The normalized spacial score (nSPS) is 20.0. The minimum Gasteiger partial charge on any atom is -0.444 e. The molecule has 6 nitrogen and oxygen atoms in total. The summed E-state index contributed by atoms with van der Waals surface area (Å²) in [7, 11) is 0. The van der Waals surface area contributed by atoms with Gasteiger partial charge in [0.2, 0.25) is 0 Å². The van der Waals surface area contributed by atoms with Crippen molar-refractivity contribution >= 4 is 17.6 Å². The van der Waals surface area contributed by atoms with Gasteiger partial charge in [0.1, 0.15) is 11.4 Å². The summed E-state index contributed by atoms with van der Waals surface area (Å²) >= 11 is 0. The largest absolute Gasteiger partial charge is 0.444 e. The van der Waals surface area contributed by atoms with Crippen molar-refractivity contribution in [1.82, 2.24) is 9.88 Å². The van der Waals surface area contributed by atoms with Crippen LogP contribution in [0.25, 0.3) is 0 Å². The number of likely N-dealkylation sites (tertiary alicyclic amines) is 1. The van der Waals surface area contributed by atoms with E-state index in [9.17, 15) is 4.79 Å². The molecule has 0 aliphatic carbocycles. The molecule has 0 unspecified atom stereocenters. The lowest BCUT2D eigenvalue weighted by Gasteiger charge is -2.47. The molecule has 3 rings (SSSR count). The lowest BCUT2D eigenvalue weighted by atomic mass is 9.79. The quantitative estimate of drug-likeness (QED) is 0.901. The van der Waals surface area contributed by atoms with Crippen LogP contribution in [0.3, 0.4) is 0 Å². The summed E-state index contributed by atoms with van der Waals surface area (Å²) in [5.74, 6) is 1.97. The van der Waals surface area contributed by atoms with Gasteiger partial charge in [0, 0.05) is 26.2 Å². The van der Waals surface area contributed by atoms with Gasteiger partial charge in [-0.05, 0) is 57.6 Å². The van der Waals surface area contributed by atoms with Crippen LogP contribution in [-0.2, 0) is 4.74 Å². The third-order valence-electron chi connectivity index (χ3n) is 4.90. The van der Waals surface area contributed by atoms with E-state index in [1.54, 1.807) is 0 Å². The Kier molecular flexibility index (Phi) is 4.56. The van der Waals surface area contributed by atoms with Gasteiger partial charge in [-0.1, -0.05) is 0 Å². The van der Waals surface area contributed by atoms with E-state index in [-0.39, 0.29) is 6.09 Å². The molecule has 2 fully saturated rings. The first-order valence-electron chi connectivity index (χ1n) is 8.76. The van der Waals surface area contributed by atoms with Crippen molar-refractivity contribution in [3.05, 3.63) is 18.3 Å². The van der Waals surface area contributed by atoms with Crippen LogP contribution in [0.15, 0.2) is 18.3 Å². The monoisotopic (exact) mass is 332 g/mol. The lowest BCUT2D eigenvalue weighted by Crippen LogP contribution is -2.53. The molecule has 1 aromatic heterocycles. The summed E-state index contributed by atoms with van der Waals surface area (Å²) < 4.78 is 5.46. The van der Waals surface area contributed by atoms with Crippen LogP contribution in [0.4, 0.5) is 16.3 Å². The van der Waals surface area contributed by atoms with Crippen molar-refractivity contribution in [2.45, 2.75) is 39.2 Å². The van der Waals surface area contributed by atoms with Crippen LogP contribution in [0.2, 0.25) is 0 Å². The number of rotatable bonds is 2. The predicted octanol–water partition coefficient (Wildman–Crippen LogP) is 2.75. The molecule has 0 bridgehead atoms. The number of amides is 1. The zero-order valence-corrected chi connectivity index (χ0v) is 14.9. The van der Waals surface area contributed by atoms with Crippen LogP contribution in [0, 0.1) is 11.8 Å². The maximum atomic E-state index is 12.1. The first-order valence-corrected chi connectivity index (χ1v) is 8.76. The molecule has 0 radical (unpaired) electrons. The summed E-state index contributed by atoms with van der Waals surface area (Å²) in [6.45, 7) is 9.48. The first-order chi connectivity index (χ1) is 11.3. The number of nitrogen functional groups attached to an aromatic ring is 1. The highest BCUT2D eigenvalue weighted by atomic mass is 16.6. The highest BCUT2D eigenvalue weighted by molar-refractivity contribution is 5.68. The molecule has 2 N–H and O–H groups in total. The van der Waals surface area contributed by atoms with E-state index in [1.807, 2.05) is 44.0 Å². The number of carbonyl (C=O) groups excluding carboxylic acids is 1. The molecular formula is C18H28N4O2. The summed E-state index contributed by atoms with van der Waals surface area (Å²) in [4.78, 5) is 20.5. The molecule has 2 aliphatic heterocycles. The average molecular weight is 332 g/mol. The number of nitrogens with two attached hydrogens (primary N) is 1.